The molecule has 23 heavy (non-hydrogen) atoms. The van der Waals surface area contributed by atoms with Crippen molar-refractivity contribution in [2.45, 2.75) is 18.0 Å². The molecule has 0 aromatic heterocycles. The van der Waals surface area contributed by atoms with Crippen LogP contribution in [-0.2, 0) is 19.1 Å². The van der Waals surface area contributed by atoms with Gasteiger partial charge in [0.05, 0.1) is 13.2 Å². The third kappa shape index (κ3) is 2.65. The van der Waals surface area contributed by atoms with Crippen molar-refractivity contribution in [1.29, 1.82) is 0 Å². The molecule has 1 saturated heterocycles. The maximum atomic E-state index is 14.9. The number of fused-ring (bicyclic) bond motifs is 1. The van der Waals surface area contributed by atoms with Crippen molar-refractivity contribution in [3.8, 4) is 0 Å². The average molecular weight is 363 g/mol. The van der Waals surface area contributed by atoms with Gasteiger partial charge < -0.3 is 14.1 Å². The number of nitrogens with zero attached hydrogens (tertiary/aromatic N) is 1. The van der Waals surface area contributed by atoms with E-state index in [9.17, 15) is 22.2 Å². The standard InChI is InChI=1S/C12H16BF2NO5SSi/c1-23(2)12-8(13(17)21-23)7-9(14)11(10(12)15)22(18,19)16-3-5-20-6-4-16/h7,17H,3-6H2,1-2H3. The highest BCUT2D eigenvalue weighted by Crippen LogP contribution is 2.26. The summed E-state index contributed by atoms with van der Waals surface area (Å²) in [6.07, 6.45) is 0. The monoisotopic (exact) mass is 363 g/mol. The highest BCUT2D eigenvalue weighted by atomic mass is 32.2. The number of sulfonamides is 1. The number of halogens is 2. The van der Waals surface area contributed by atoms with Gasteiger partial charge in [0.2, 0.25) is 18.3 Å². The number of hydrogen-bond acceptors (Lipinski definition) is 5. The van der Waals surface area contributed by atoms with E-state index in [4.69, 9.17) is 9.08 Å². The fraction of sp³-hybridized carbons (Fsp3) is 0.500. The quantitative estimate of drug-likeness (QED) is 0.691. The normalized spacial score (nSPS) is 21.5. The Hall–Kier alpha value is -0.848. The summed E-state index contributed by atoms with van der Waals surface area (Å²) in [5.41, 5.74) is -0.0300. The van der Waals surface area contributed by atoms with Gasteiger partial charge in [0.15, 0.2) is 4.90 Å². The van der Waals surface area contributed by atoms with E-state index in [1.54, 1.807) is 13.1 Å². The first-order valence-corrected chi connectivity index (χ1v) is 11.5. The first kappa shape index (κ1) is 17.0. The highest BCUT2D eigenvalue weighted by molar-refractivity contribution is 7.89. The molecule has 11 heteroatoms. The van der Waals surface area contributed by atoms with Crippen LogP contribution in [0.5, 0.6) is 0 Å². The number of morpholine rings is 1. The summed E-state index contributed by atoms with van der Waals surface area (Å²) in [5.74, 6) is -2.37. The fourth-order valence-corrected chi connectivity index (χ4v) is 6.94. The molecular weight excluding hydrogens is 347 g/mol. The molecule has 1 aromatic carbocycles. The van der Waals surface area contributed by atoms with Gasteiger partial charge in [-0.25, -0.2) is 17.2 Å². The van der Waals surface area contributed by atoms with E-state index in [0.29, 0.717) is 0 Å². The largest absolute Gasteiger partial charge is 0.480 e. The molecule has 0 bridgehead atoms. The summed E-state index contributed by atoms with van der Waals surface area (Å²) >= 11 is 0. The maximum absolute atomic E-state index is 14.9. The molecule has 0 amide bonds. The molecular formula is C12H16BF2NO5SSi. The molecule has 2 heterocycles. The second kappa shape index (κ2) is 5.60. The summed E-state index contributed by atoms with van der Waals surface area (Å²) in [6, 6.07) is 0.859. The number of benzene rings is 1. The van der Waals surface area contributed by atoms with Crippen LogP contribution in [0.2, 0.25) is 13.1 Å². The summed E-state index contributed by atoms with van der Waals surface area (Å²) in [4.78, 5) is -0.976. The Morgan fingerprint density at radius 2 is 1.91 bits per heavy atom. The predicted octanol–water partition coefficient (Wildman–Crippen LogP) is -0.884. The van der Waals surface area contributed by atoms with Gasteiger partial charge in [-0.1, -0.05) is 0 Å². The fourth-order valence-electron chi connectivity index (χ4n) is 2.98. The third-order valence-electron chi connectivity index (χ3n) is 4.05. The average Bonchev–Trinajstić information content (AvgIpc) is 2.69. The summed E-state index contributed by atoms with van der Waals surface area (Å²) < 4.78 is 65.9. The van der Waals surface area contributed by atoms with Gasteiger partial charge in [0, 0.05) is 18.3 Å². The van der Waals surface area contributed by atoms with E-state index >= 15 is 0 Å². The zero-order valence-corrected chi connectivity index (χ0v) is 14.5. The lowest BCUT2D eigenvalue weighted by atomic mass is 9.80. The van der Waals surface area contributed by atoms with Gasteiger partial charge in [-0.15, -0.1) is 0 Å². The Morgan fingerprint density at radius 3 is 2.52 bits per heavy atom. The molecule has 0 unspecified atom stereocenters. The maximum Gasteiger partial charge on any atom is 0.480 e. The topological polar surface area (TPSA) is 76.1 Å². The van der Waals surface area contributed by atoms with Gasteiger partial charge in [-0.3, -0.25) is 0 Å². The molecule has 0 saturated carbocycles. The van der Waals surface area contributed by atoms with Gasteiger partial charge in [-0.05, 0) is 24.6 Å². The van der Waals surface area contributed by atoms with Gasteiger partial charge >= 0.3 is 7.12 Å². The van der Waals surface area contributed by atoms with Crippen molar-refractivity contribution in [1.82, 2.24) is 4.31 Å². The molecule has 126 valence electrons. The molecule has 1 fully saturated rings. The number of hydrogen-bond donors (Lipinski definition) is 1. The van der Waals surface area contributed by atoms with Crippen LogP contribution in [0.15, 0.2) is 11.0 Å². The van der Waals surface area contributed by atoms with E-state index < -0.39 is 42.0 Å². The molecule has 3 rings (SSSR count). The van der Waals surface area contributed by atoms with Crippen molar-refractivity contribution in [2.24, 2.45) is 0 Å². The minimum absolute atomic E-state index is 0.00163. The van der Waals surface area contributed by atoms with Crippen molar-refractivity contribution in [3.63, 3.8) is 0 Å². The van der Waals surface area contributed by atoms with Crippen LogP contribution in [-0.4, -0.2) is 59.5 Å². The molecule has 1 aromatic rings. The minimum Gasteiger partial charge on any atom is -0.446 e. The summed E-state index contributed by atoms with van der Waals surface area (Å²) in [6.45, 7) is 3.67. The second-order valence-electron chi connectivity index (χ2n) is 5.96. The summed E-state index contributed by atoms with van der Waals surface area (Å²) in [5, 5.41) is 9.81. The Morgan fingerprint density at radius 1 is 1.30 bits per heavy atom. The van der Waals surface area contributed by atoms with Crippen molar-refractivity contribution >= 4 is 36.1 Å². The molecule has 0 radical (unpaired) electrons. The first-order chi connectivity index (χ1) is 10.7. The van der Waals surface area contributed by atoms with E-state index in [2.05, 4.69) is 0 Å². The van der Waals surface area contributed by atoms with Crippen LogP contribution in [0.1, 0.15) is 0 Å². The minimum atomic E-state index is -4.32. The Balaban J connectivity index is 2.18. The lowest BCUT2D eigenvalue weighted by Crippen LogP contribution is -2.48. The Kier molecular flexibility index (Phi) is 4.14. The van der Waals surface area contributed by atoms with E-state index in [1.165, 1.54) is 0 Å². The van der Waals surface area contributed by atoms with Crippen LogP contribution in [0.3, 0.4) is 0 Å². The van der Waals surface area contributed by atoms with Crippen LogP contribution >= 0.6 is 0 Å². The van der Waals surface area contributed by atoms with Crippen LogP contribution in [0, 0.1) is 11.6 Å². The SMILES string of the molecule is C[Si]1(C)OB(O)c2cc(F)c(S(=O)(=O)N3CCOCC3)c(F)c21. The number of rotatable bonds is 2. The van der Waals surface area contributed by atoms with Gasteiger partial charge in [0.25, 0.3) is 0 Å². The van der Waals surface area contributed by atoms with E-state index in [0.717, 1.165) is 10.4 Å². The molecule has 1 N–H and O–H groups in total. The first-order valence-electron chi connectivity index (χ1n) is 7.12. The molecule has 2 aliphatic heterocycles. The van der Waals surface area contributed by atoms with Crippen molar-refractivity contribution in [2.75, 3.05) is 26.3 Å². The van der Waals surface area contributed by atoms with Crippen molar-refractivity contribution < 1.29 is 31.3 Å². The van der Waals surface area contributed by atoms with Crippen LogP contribution < -0.4 is 10.6 Å². The molecule has 0 spiro atoms. The summed E-state index contributed by atoms with van der Waals surface area (Å²) in [7, 11) is -8.61. The lowest BCUT2D eigenvalue weighted by Gasteiger charge is -2.27. The van der Waals surface area contributed by atoms with Crippen LogP contribution in [0.4, 0.5) is 8.78 Å². The predicted molar refractivity (Wildman–Crippen MR) is 81.7 cm³/mol. The smallest absolute Gasteiger partial charge is 0.446 e. The Labute approximate surface area is 134 Å². The van der Waals surface area contributed by atoms with Crippen LogP contribution in [0.25, 0.3) is 0 Å². The zero-order valence-electron chi connectivity index (χ0n) is 12.7. The van der Waals surface area contributed by atoms with Gasteiger partial charge in [0.1, 0.15) is 11.6 Å². The van der Waals surface area contributed by atoms with E-state index in [-0.39, 0.29) is 37.0 Å². The molecule has 2 aliphatic rings. The lowest BCUT2D eigenvalue weighted by molar-refractivity contribution is 0.0728. The Bertz CT molecular complexity index is 754. The third-order valence-corrected chi connectivity index (χ3v) is 8.51. The second-order valence-corrected chi connectivity index (χ2v) is 11.6. The van der Waals surface area contributed by atoms with E-state index in [1.807, 2.05) is 0 Å². The molecule has 0 aliphatic carbocycles. The van der Waals surface area contributed by atoms with Crippen molar-refractivity contribution in [3.05, 3.63) is 17.7 Å². The highest BCUT2D eigenvalue weighted by Gasteiger charge is 2.48. The van der Waals surface area contributed by atoms with Gasteiger partial charge in [-0.2, -0.15) is 4.31 Å². The number of ether oxygens (including phenoxy) is 1. The zero-order chi connectivity index (χ0) is 17.0. The molecule has 6 nitrogen and oxygen atoms in total. The molecule has 0 atom stereocenters.